The molecule has 1 aliphatic heterocycles. The average molecular weight is 405 g/mol. The number of carbonyl (C=O) groups excluding carboxylic acids is 2. The van der Waals surface area contributed by atoms with Crippen LogP contribution in [-0.2, 0) is 24.3 Å². The van der Waals surface area contributed by atoms with Crippen molar-refractivity contribution in [1.82, 2.24) is 20.5 Å². The van der Waals surface area contributed by atoms with Crippen LogP contribution in [0.1, 0.15) is 30.7 Å². The summed E-state index contributed by atoms with van der Waals surface area (Å²) in [5, 5.41) is 6.91. The SMILES string of the molecule is CC(C)C(NC(=O)NCc1ccccc1)C(=O)N1CCc2[nH]c3ccccc3c2C1. The minimum atomic E-state index is -0.562. The third kappa shape index (κ3) is 4.17. The van der Waals surface area contributed by atoms with Gasteiger partial charge in [-0.25, -0.2) is 4.79 Å². The van der Waals surface area contributed by atoms with Crippen molar-refractivity contribution in [2.24, 2.45) is 5.92 Å². The van der Waals surface area contributed by atoms with Crippen molar-refractivity contribution < 1.29 is 9.59 Å². The molecular formula is C24H28N4O2. The lowest BCUT2D eigenvalue weighted by atomic mass is 9.99. The van der Waals surface area contributed by atoms with E-state index in [9.17, 15) is 9.59 Å². The van der Waals surface area contributed by atoms with Crippen molar-refractivity contribution in [2.75, 3.05) is 6.54 Å². The normalized spacial score (nSPS) is 14.4. The van der Waals surface area contributed by atoms with Crippen LogP contribution in [0, 0.1) is 5.92 Å². The molecule has 0 aliphatic carbocycles. The first kappa shape index (κ1) is 20.0. The Balaban J connectivity index is 1.42. The van der Waals surface area contributed by atoms with E-state index in [2.05, 4.69) is 27.8 Å². The summed E-state index contributed by atoms with van der Waals surface area (Å²) in [6, 6.07) is 17.0. The van der Waals surface area contributed by atoms with Gasteiger partial charge in [0.15, 0.2) is 0 Å². The summed E-state index contributed by atoms with van der Waals surface area (Å²) in [6.07, 6.45) is 0.792. The van der Waals surface area contributed by atoms with Gasteiger partial charge in [0.2, 0.25) is 5.91 Å². The molecule has 0 saturated carbocycles. The summed E-state index contributed by atoms with van der Waals surface area (Å²) in [5.41, 5.74) is 4.51. The third-order valence-electron chi connectivity index (χ3n) is 5.71. The molecule has 6 nitrogen and oxygen atoms in total. The zero-order valence-corrected chi connectivity index (χ0v) is 17.4. The maximum Gasteiger partial charge on any atom is 0.315 e. The van der Waals surface area contributed by atoms with Crippen molar-refractivity contribution in [3.05, 3.63) is 71.4 Å². The highest BCUT2D eigenvalue weighted by Crippen LogP contribution is 2.28. The fraction of sp³-hybridized carbons (Fsp3) is 0.333. The molecule has 0 fully saturated rings. The Labute approximate surface area is 176 Å². The highest BCUT2D eigenvalue weighted by molar-refractivity contribution is 5.89. The molecule has 4 rings (SSSR count). The van der Waals surface area contributed by atoms with Gasteiger partial charge < -0.3 is 20.5 Å². The fourth-order valence-corrected chi connectivity index (χ4v) is 4.04. The van der Waals surface area contributed by atoms with Gasteiger partial charge in [-0.05, 0) is 17.5 Å². The van der Waals surface area contributed by atoms with Crippen LogP contribution < -0.4 is 10.6 Å². The van der Waals surface area contributed by atoms with Crippen molar-refractivity contribution in [2.45, 2.75) is 39.4 Å². The van der Waals surface area contributed by atoms with E-state index in [-0.39, 0.29) is 17.9 Å². The molecule has 6 heteroatoms. The predicted octanol–water partition coefficient (Wildman–Crippen LogP) is 3.58. The van der Waals surface area contributed by atoms with Gasteiger partial charge in [-0.1, -0.05) is 62.4 Å². The van der Waals surface area contributed by atoms with E-state index in [1.165, 1.54) is 16.6 Å². The first-order chi connectivity index (χ1) is 14.5. The van der Waals surface area contributed by atoms with E-state index in [1.807, 2.05) is 61.2 Å². The minimum absolute atomic E-state index is 0.00987. The first-order valence-electron chi connectivity index (χ1n) is 10.5. The Hall–Kier alpha value is -3.28. The number of hydrogen-bond acceptors (Lipinski definition) is 2. The van der Waals surface area contributed by atoms with Crippen molar-refractivity contribution in [3.8, 4) is 0 Å². The van der Waals surface area contributed by atoms with Gasteiger partial charge in [0.05, 0.1) is 0 Å². The lowest BCUT2D eigenvalue weighted by Gasteiger charge is -2.32. The lowest BCUT2D eigenvalue weighted by molar-refractivity contribution is -0.135. The predicted molar refractivity (Wildman–Crippen MR) is 118 cm³/mol. The number of urea groups is 1. The fourth-order valence-electron chi connectivity index (χ4n) is 4.04. The first-order valence-corrected chi connectivity index (χ1v) is 10.5. The monoisotopic (exact) mass is 404 g/mol. The Morgan fingerprint density at radius 1 is 1.07 bits per heavy atom. The number of fused-ring (bicyclic) bond motifs is 3. The summed E-state index contributed by atoms with van der Waals surface area (Å²) >= 11 is 0. The molecule has 30 heavy (non-hydrogen) atoms. The maximum atomic E-state index is 13.3. The van der Waals surface area contributed by atoms with Crippen molar-refractivity contribution >= 4 is 22.8 Å². The summed E-state index contributed by atoms with van der Waals surface area (Å²) in [6.45, 7) is 5.56. The number of nitrogens with one attached hydrogen (secondary N) is 3. The molecule has 3 N–H and O–H groups in total. The molecule has 2 heterocycles. The van der Waals surface area contributed by atoms with E-state index < -0.39 is 6.04 Å². The number of aromatic nitrogens is 1. The van der Waals surface area contributed by atoms with Gasteiger partial charge in [0.1, 0.15) is 6.04 Å². The molecule has 1 aromatic heterocycles. The number of carbonyl (C=O) groups is 2. The van der Waals surface area contributed by atoms with E-state index in [4.69, 9.17) is 0 Å². The van der Waals surface area contributed by atoms with Crippen LogP contribution in [0.2, 0.25) is 0 Å². The summed E-state index contributed by atoms with van der Waals surface area (Å²) in [4.78, 5) is 31.1. The van der Waals surface area contributed by atoms with Crippen molar-refractivity contribution in [3.63, 3.8) is 0 Å². The molecular weight excluding hydrogens is 376 g/mol. The van der Waals surface area contributed by atoms with Crippen LogP contribution in [0.4, 0.5) is 4.79 Å². The Morgan fingerprint density at radius 3 is 2.57 bits per heavy atom. The van der Waals surface area contributed by atoms with Gasteiger partial charge in [-0.2, -0.15) is 0 Å². The maximum absolute atomic E-state index is 13.3. The van der Waals surface area contributed by atoms with Gasteiger partial charge in [0.25, 0.3) is 0 Å². The summed E-state index contributed by atoms with van der Waals surface area (Å²) in [7, 11) is 0. The smallest absolute Gasteiger partial charge is 0.315 e. The number of nitrogens with zero attached hydrogens (tertiary/aromatic N) is 1. The van der Waals surface area contributed by atoms with E-state index >= 15 is 0 Å². The molecule has 0 saturated heterocycles. The number of rotatable bonds is 5. The molecule has 1 aliphatic rings. The number of H-pyrrole nitrogens is 1. The second-order valence-electron chi connectivity index (χ2n) is 8.17. The van der Waals surface area contributed by atoms with Crippen LogP contribution in [0.3, 0.4) is 0 Å². The molecule has 0 bridgehead atoms. The molecule has 1 unspecified atom stereocenters. The molecule has 156 valence electrons. The average Bonchev–Trinajstić information content (AvgIpc) is 3.14. The number of benzene rings is 2. The third-order valence-corrected chi connectivity index (χ3v) is 5.71. The van der Waals surface area contributed by atoms with Crippen LogP contribution in [0.5, 0.6) is 0 Å². The van der Waals surface area contributed by atoms with E-state index in [0.29, 0.717) is 19.6 Å². The van der Waals surface area contributed by atoms with Gasteiger partial charge in [-0.3, -0.25) is 4.79 Å². The molecule has 3 aromatic rings. The van der Waals surface area contributed by atoms with Crippen LogP contribution in [0.25, 0.3) is 10.9 Å². The quantitative estimate of drug-likeness (QED) is 0.608. The van der Waals surface area contributed by atoms with E-state index in [0.717, 1.165) is 17.5 Å². The second kappa shape index (κ2) is 8.61. The summed E-state index contributed by atoms with van der Waals surface area (Å²) in [5.74, 6) is -0.0415. The minimum Gasteiger partial charge on any atom is -0.358 e. The molecule has 1 atom stereocenters. The highest BCUT2D eigenvalue weighted by atomic mass is 16.2. The highest BCUT2D eigenvalue weighted by Gasteiger charge is 2.31. The van der Waals surface area contributed by atoms with Gasteiger partial charge in [0, 0.05) is 48.2 Å². The number of aromatic amines is 1. The Morgan fingerprint density at radius 2 is 1.80 bits per heavy atom. The van der Waals surface area contributed by atoms with Crippen molar-refractivity contribution in [1.29, 1.82) is 0 Å². The standard InChI is InChI=1S/C24H28N4O2/c1-16(2)22(27-24(30)25-14-17-8-4-3-5-9-17)23(29)28-13-12-21-19(15-28)18-10-6-7-11-20(18)26-21/h3-11,16,22,26H,12-15H2,1-2H3,(H2,25,27,30). The van der Waals surface area contributed by atoms with Crippen LogP contribution in [0.15, 0.2) is 54.6 Å². The number of para-hydroxylation sites is 1. The summed E-state index contributed by atoms with van der Waals surface area (Å²) < 4.78 is 0. The molecule has 2 aromatic carbocycles. The zero-order chi connectivity index (χ0) is 21.1. The van der Waals surface area contributed by atoms with Gasteiger partial charge >= 0.3 is 6.03 Å². The largest absolute Gasteiger partial charge is 0.358 e. The second-order valence-corrected chi connectivity index (χ2v) is 8.17. The molecule has 0 spiro atoms. The van der Waals surface area contributed by atoms with Gasteiger partial charge in [-0.15, -0.1) is 0 Å². The Bertz CT molecular complexity index is 1040. The van der Waals surface area contributed by atoms with Crippen LogP contribution in [-0.4, -0.2) is 34.4 Å². The molecule has 3 amide bonds. The topological polar surface area (TPSA) is 77.2 Å². The number of amides is 3. The lowest BCUT2D eigenvalue weighted by Crippen LogP contribution is -2.54. The zero-order valence-electron chi connectivity index (χ0n) is 17.4. The van der Waals surface area contributed by atoms with Crippen LogP contribution >= 0.6 is 0 Å². The molecule has 0 radical (unpaired) electrons. The van der Waals surface area contributed by atoms with E-state index in [1.54, 1.807) is 0 Å². The Kier molecular flexibility index (Phi) is 5.74. The number of hydrogen-bond donors (Lipinski definition) is 3.